The van der Waals surface area contributed by atoms with Crippen molar-refractivity contribution in [1.82, 2.24) is 9.78 Å². The van der Waals surface area contributed by atoms with Crippen molar-refractivity contribution in [1.29, 1.82) is 0 Å². The van der Waals surface area contributed by atoms with Crippen molar-refractivity contribution >= 4 is 11.5 Å². The molecule has 0 saturated carbocycles. The van der Waals surface area contributed by atoms with Crippen molar-refractivity contribution in [3.8, 4) is 0 Å². The number of aromatic nitrogens is 2. The highest BCUT2D eigenvalue weighted by Crippen LogP contribution is 2.33. The van der Waals surface area contributed by atoms with Gasteiger partial charge in [0.15, 0.2) is 0 Å². The van der Waals surface area contributed by atoms with E-state index in [4.69, 9.17) is 5.11 Å². The van der Waals surface area contributed by atoms with E-state index in [0.29, 0.717) is 24.6 Å². The van der Waals surface area contributed by atoms with E-state index in [2.05, 4.69) is 5.10 Å². The lowest BCUT2D eigenvalue weighted by Crippen LogP contribution is -2.30. The minimum atomic E-state index is -0.392. The van der Waals surface area contributed by atoms with Crippen molar-refractivity contribution in [2.75, 3.05) is 24.6 Å². The van der Waals surface area contributed by atoms with Crippen LogP contribution in [0.4, 0.5) is 11.5 Å². The second-order valence-electron chi connectivity index (χ2n) is 4.76. The molecule has 0 saturated heterocycles. The molecule has 7 heteroatoms. The molecule has 0 aliphatic heterocycles. The average molecular weight is 270 g/mol. The van der Waals surface area contributed by atoms with Gasteiger partial charge < -0.3 is 10.0 Å². The maximum absolute atomic E-state index is 11.3. The highest BCUT2D eigenvalue weighted by Gasteiger charge is 2.30. The van der Waals surface area contributed by atoms with Crippen LogP contribution in [0.25, 0.3) is 0 Å². The zero-order chi connectivity index (χ0) is 14.6. The van der Waals surface area contributed by atoms with Gasteiger partial charge in [0.1, 0.15) is 5.69 Å². The summed E-state index contributed by atoms with van der Waals surface area (Å²) in [5.41, 5.74) is 0.448. The van der Waals surface area contributed by atoms with Crippen LogP contribution in [-0.2, 0) is 0 Å². The van der Waals surface area contributed by atoms with Gasteiger partial charge in [0.05, 0.1) is 11.5 Å². The van der Waals surface area contributed by atoms with Gasteiger partial charge in [-0.1, -0.05) is 6.92 Å². The SMILES string of the molecule is CCCN(CCO)c1c([N+](=O)[O-])c(C)nn1C(C)C. The maximum Gasteiger partial charge on any atom is 0.333 e. The molecular formula is C12H22N4O3. The number of nitrogens with zero attached hydrogens (tertiary/aromatic N) is 4. The third kappa shape index (κ3) is 3.23. The number of hydrogen-bond donors (Lipinski definition) is 1. The molecule has 1 rings (SSSR count). The summed E-state index contributed by atoms with van der Waals surface area (Å²) in [7, 11) is 0. The third-order valence-corrected chi connectivity index (χ3v) is 2.86. The van der Waals surface area contributed by atoms with Crippen molar-refractivity contribution in [2.24, 2.45) is 0 Å². The van der Waals surface area contributed by atoms with Gasteiger partial charge in [0, 0.05) is 19.1 Å². The Hall–Kier alpha value is -1.63. The molecule has 1 N–H and O–H groups in total. The summed E-state index contributed by atoms with van der Waals surface area (Å²) in [5, 5.41) is 24.7. The number of aliphatic hydroxyl groups is 1. The molecule has 0 bridgehead atoms. The molecule has 108 valence electrons. The molecule has 1 heterocycles. The Labute approximate surface area is 113 Å². The zero-order valence-electron chi connectivity index (χ0n) is 12.0. The van der Waals surface area contributed by atoms with Crippen LogP contribution < -0.4 is 4.90 Å². The van der Waals surface area contributed by atoms with Gasteiger partial charge in [-0.3, -0.25) is 10.1 Å². The van der Waals surface area contributed by atoms with Crippen LogP contribution in [0.1, 0.15) is 38.9 Å². The molecule has 0 spiro atoms. The largest absolute Gasteiger partial charge is 0.395 e. The second-order valence-corrected chi connectivity index (χ2v) is 4.76. The Morgan fingerprint density at radius 3 is 2.53 bits per heavy atom. The zero-order valence-corrected chi connectivity index (χ0v) is 12.0. The van der Waals surface area contributed by atoms with Crippen LogP contribution in [0.15, 0.2) is 0 Å². The summed E-state index contributed by atoms with van der Waals surface area (Å²) < 4.78 is 1.67. The summed E-state index contributed by atoms with van der Waals surface area (Å²) in [5.74, 6) is 0.494. The fourth-order valence-electron chi connectivity index (χ4n) is 2.11. The molecule has 0 radical (unpaired) electrons. The monoisotopic (exact) mass is 270 g/mol. The van der Waals surface area contributed by atoms with E-state index >= 15 is 0 Å². The summed E-state index contributed by atoms with van der Waals surface area (Å²) in [6, 6.07) is 0.0282. The van der Waals surface area contributed by atoms with Crippen LogP contribution in [0.2, 0.25) is 0 Å². The van der Waals surface area contributed by atoms with E-state index in [1.54, 1.807) is 11.6 Å². The second kappa shape index (κ2) is 6.51. The number of aliphatic hydroxyl groups excluding tert-OH is 1. The smallest absolute Gasteiger partial charge is 0.333 e. The van der Waals surface area contributed by atoms with Gasteiger partial charge >= 0.3 is 5.69 Å². The summed E-state index contributed by atoms with van der Waals surface area (Å²) >= 11 is 0. The summed E-state index contributed by atoms with van der Waals surface area (Å²) in [4.78, 5) is 12.7. The fourth-order valence-corrected chi connectivity index (χ4v) is 2.11. The van der Waals surface area contributed by atoms with Gasteiger partial charge in [0.25, 0.3) is 0 Å². The molecule has 1 aromatic heterocycles. The highest BCUT2D eigenvalue weighted by atomic mass is 16.6. The van der Waals surface area contributed by atoms with Gasteiger partial charge in [-0.2, -0.15) is 5.10 Å². The van der Waals surface area contributed by atoms with E-state index in [-0.39, 0.29) is 18.3 Å². The van der Waals surface area contributed by atoms with Gasteiger partial charge in [-0.25, -0.2) is 4.68 Å². The van der Waals surface area contributed by atoms with E-state index < -0.39 is 4.92 Å². The molecule has 0 atom stereocenters. The number of rotatable bonds is 7. The van der Waals surface area contributed by atoms with E-state index in [1.807, 2.05) is 25.7 Å². The summed E-state index contributed by atoms with van der Waals surface area (Å²) in [6.07, 6.45) is 0.847. The summed E-state index contributed by atoms with van der Waals surface area (Å²) in [6.45, 7) is 8.49. The Bertz CT molecular complexity index is 436. The number of nitro groups is 1. The first-order chi connectivity index (χ1) is 8.93. The van der Waals surface area contributed by atoms with Crippen LogP contribution in [0.5, 0.6) is 0 Å². The standard InChI is InChI=1S/C12H22N4O3/c1-5-6-14(7-8-17)12-11(16(18)19)10(4)13-15(12)9(2)3/h9,17H,5-8H2,1-4H3. The molecule has 0 aliphatic carbocycles. The number of anilines is 1. The average Bonchev–Trinajstić information content (AvgIpc) is 2.66. The Balaban J connectivity index is 3.37. The number of aryl methyl sites for hydroxylation is 1. The fraction of sp³-hybridized carbons (Fsp3) is 0.750. The van der Waals surface area contributed by atoms with Crippen LogP contribution in [0.3, 0.4) is 0 Å². The third-order valence-electron chi connectivity index (χ3n) is 2.86. The Morgan fingerprint density at radius 2 is 2.11 bits per heavy atom. The molecular weight excluding hydrogens is 248 g/mol. The first kappa shape index (κ1) is 15.4. The van der Waals surface area contributed by atoms with Gasteiger partial charge in [0.2, 0.25) is 5.82 Å². The topological polar surface area (TPSA) is 84.4 Å². The van der Waals surface area contributed by atoms with E-state index in [1.165, 1.54) is 0 Å². The van der Waals surface area contributed by atoms with Crippen LogP contribution in [-0.4, -0.2) is 39.5 Å². The molecule has 0 amide bonds. The Kier molecular flexibility index (Phi) is 5.29. The minimum absolute atomic E-state index is 0.0282. The molecule has 0 aromatic carbocycles. The van der Waals surface area contributed by atoms with E-state index in [9.17, 15) is 10.1 Å². The van der Waals surface area contributed by atoms with E-state index in [0.717, 1.165) is 6.42 Å². The molecule has 0 fully saturated rings. The molecule has 19 heavy (non-hydrogen) atoms. The molecule has 1 aromatic rings. The predicted octanol–water partition coefficient (Wildman–Crippen LogP) is 1.89. The quantitative estimate of drug-likeness (QED) is 0.604. The lowest BCUT2D eigenvalue weighted by molar-refractivity contribution is -0.384. The maximum atomic E-state index is 11.3. The normalized spacial score (nSPS) is 11.1. The first-order valence-corrected chi connectivity index (χ1v) is 6.53. The van der Waals surface area contributed by atoms with Crippen molar-refractivity contribution in [3.05, 3.63) is 15.8 Å². The lowest BCUT2D eigenvalue weighted by atomic mass is 10.3. The molecule has 0 unspecified atom stereocenters. The van der Waals surface area contributed by atoms with Crippen LogP contribution >= 0.6 is 0 Å². The first-order valence-electron chi connectivity index (χ1n) is 6.53. The molecule has 0 aliphatic rings. The van der Waals surface area contributed by atoms with Crippen LogP contribution in [0, 0.1) is 17.0 Å². The molecule has 7 nitrogen and oxygen atoms in total. The minimum Gasteiger partial charge on any atom is -0.395 e. The van der Waals surface area contributed by atoms with Gasteiger partial charge in [-0.05, 0) is 27.2 Å². The predicted molar refractivity (Wildman–Crippen MR) is 73.6 cm³/mol. The van der Waals surface area contributed by atoms with Crippen molar-refractivity contribution in [3.63, 3.8) is 0 Å². The van der Waals surface area contributed by atoms with Crippen molar-refractivity contribution < 1.29 is 10.0 Å². The Morgan fingerprint density at radius 1 is 1.47 bits per heavy atom. The van der Waals surface area contributed by atoms with Gasteiger partial charge in [-0.15, -0.1) is 0 Å². The lowest BCUT2D eigenvalue weighted by Gasteiger charge is -2.24. The number of hydrogen-bond acceptors (Lipinski definition) is 5. The highest BCUT2D eigenvalue weighted by molar-refractivity contribution is 5.61. The van der Waals surface area contributed by atoms with Crippen molar-refractivity contribution in [2.45, 2.75) is 40.2 Å².